The van der Waals surface area contributed by atoms with Crippen molar-refractivity contribution in [1.29, 1.82) is 0 Å². The molecule has 0 bridgehead atoms. The summed E-state index contributed by atoms with van der Waals surface area (Å²) in [6.07, 6.45) is 2.30. The highest BCUT2D eigenvalue weighted by Gasteiger charge is 2.04. The maximum atomic E-state index is 11.3. The molecule has 0 saturated carbocycles. The first kappa shape index (κ1) is 9.77. The van der Waals surface area contributed by atoms with Gasteiger partial charge in [0.2, 0.25) is 0 Å². The number of nitrogens with zero attached hydrogens (tertiary/aromatic N) is 1. The maximum absolute atomic E-state index is 11.3. The number of hydrogen-bond acceptors (Lipinski definition) is 2. The monoisotopic (exact) mass is 182 g/mol. The van der Waals surface area contributed by atoms with Crippen molar-refractivity contribution in [3.8, 4) is 0 Å². The Hall–Kier alpha value is -1.32. The Bertz CT molecular complexity index is 401. The van der Waals surface area contributed by atoms with E-state index in [1.165, 1.54) is 4.57 Å². The molecule has 13 heavy (non-hydrogen) atoms. The Balaban J connectivity index is 3.17. The summed E-state index contributed by atoms with van der Waals surface area (Å²) in [5, 5.41) is 0. The SMILES string of the molecule is CC(C)Cc1cn(C)c(=O)[nH]c1=O. The van der Waals surface area contributed by atoms with Gasteiger partial charge in [-0.1, -0.05) is 13.8 Å². The molecule has 0 radical (unpaired) electrons. The van der Waals surface area contributed by atoms with Crippen molar-refractivity contribution >= 4 is 0 Å². The molecule has 0 aliphatic carbocycles. The molecule has 1 heterocycles. The van der Waals surface area contributed by atoms with E-state index in [4.69, 9.17) is 0 Å². The number of rotatable bonds is 2. The van der Waals surface area contributed by atoms with Gasteiger partial charge >= 0.3 is 5.69 Å². The van der Waals surface area contributed by atoms with Crippen LogP contribution in [0.4, 0.5) is 0 Å². The zero-order valence-corrected chi connectivity index (χ0v) is 8.13. The van der Waals surface area contributed by atoms with Crippen LogP contribution in [0.5, 0.6) is 0 Å². The first-order valence-corrected chi connectivity index (χ1v) is 4.29. The van der Waals surface area contributed by atoms with Crippen molar-refractivity contribution in [2.24, 2.45) is 13.0 Å². The normalized spacial score (nSPS) is 10.8. The molecule has 4 nitrogen and oxygen atoms in total. The van der Waals surface area contributed by atoms with E-state index < -0.39 is 0 Å². The van der Waals surface area contributed by atoms with Crippen molar-refractivity contribution < 1.29 is 0 Å². The standard InChI is InChI=1S/C9H14N2O2/c1-6(2)4-7-5-11(3)9(13)10-8(7)12/h5-6H,4H2,1-3H3,(H,10,12,13). The van der Waals surface area contributed by atoms with Crippen LogP contribution >= 0.6 is 0 Å². The summed E-state index contributed by atoms with van der Waals surface area (Å²) in [7, 11) is 1.63. The third-order valence-electron chi connectivity index (χ3n) is 1.81. The van der Waals surface area contributed by atoms with Crippen LogP contribution in [0.3, 0.4) is 0 Å². The minimum atomic E-state index is -0.363. The molecular weight excluding hydrogens is 168 g/mol. The minimum absolute atomic E-state index is 0.267. The lowest BCUT2D eigenvalue weighted by molar-refractivity contribution is 0.630. The van der Waals surface area contributed by atoms with Crippen LogP contribution in [0.15, 0.2) is 15.8 Å². The van der Waals surface area contributed by atoms with Gasteiger partial charge in [0.1, 0.15) is 0 Å². The lowest BCUT2D eigenvalue weighted by Crippen LogP contribution is -2.30. The first-order chi connectivity index (χ1) is 6.00. The number of aromatic nitrogens is 2. The Morgan fingerprint density at radius 3 is 2.62 bits per heavy atom. The van der Waals surface area contributed by atoms with Crippen molar-refractivity contribution in [3.63, 3.8) is 0 Å². The summed E-state index contributed by atoms with van der Waals surface area (Å²) < 4.78 is 1.39. The van der Waals surface area contributed by atoms with Crippen LogP contribution in [0.2, 0.25) is 0 Å². The molecular formula is C9H14N2O2. The summed E-state index contributed by atoms with van der Waals surface area (Å²) >= 11 is 0. The molecule has 1 rings (SSSR count). The summed E-state index contributed by atoms with van der Waals surface area (Å²) in [6.45, 7) is 4.06. The lowest BCUT2D eigenvalue weighted by atomic mass is 10.1. The van der Waals surface area contributed by atoms with Gasteiger partial charge in [0.15, 0.2) is 0 Å². The van der Waals surface area contributed by atoms with E-state index in [2.05, 4.69) is 4.98 Å². The van der Waals surface area contributed by atoms with Crippen LogP contribution in [0, 0.1) is 5.92 Å². The van der Waals surface area contributed by atoms with E-state index in [0.717, 1.165) is 0 Å². The highest BCUT2D eigenvalue weighted by atomic mass is 16.2. The smallest absolute Gasteiger partial charge is 0.303 e. The summed E-state index contributed by atoms with van der Waals surface area (Å²) in [4.78, 5) is 24.5. The van der Waals surface area contributed by atoms with Gasteiger partial charge in [0.05, 0.1) is 0 Å². The van der Waals surface area contributed by atoms with Gasteiger partial charge in [-0.2, -0.15) is 0 Å². The number of aromatic amines is 1. The summed E-state index contributed by atoms with van der Waals surface area (Å²) in [5.74, 6) is 0.415. The Morgan fingerprint density at radius 2 is 2.08 bits per heavy atom. The highest BCUT2D eigenvalue weighted by molar-refractivity contribution is 5.04. The van der Waals surface area contributed by atoms with Gasteiger partial charge in [-0.05, 0) is 12.3 Å². The van der Waals surface area contributed by atoms with Crippen LogP contribution in [-0.2, 0) is 13.5 Å². The second-order valence-corrected chi connectivity index (χ2v) is 3.62. The fraction of sp³-hybridized carbons (Fsp3) is 0.556. The summed E-state index contributed by atoms with van der Waals surface area (Å²) in [6, 6.07) is 0. The molecule has 0 aliphatic heterocycles. The third kappa shape index (κ3) is 2.31. The zero-order chi connectivity index (χ0) is 10.0. The molecule has 0 aromatic carbocycles. The molecule has 72 valence electrons. The molecule has 0 fully saturated rings. The van der Waals surface area contributed by atoms with Gasteiger partial charge in [0.25, 0.3) is 5.56 Å². The van der Waals surface area contributed by atoms with E-state index in [-0.39, 0.29) is 11.2 Å². The van der Waals surface area contributed by atoms with E-state index >= 15 is 0 Å². The van der Waals surface area contributed by atoms with Gasteiger partial charge in [-0.3, -0.25) is 9.78 Å². The highest BCUT2D eigenvalue weighted by Crippen LogP contribution is 2.00. The molecule has 0 saturated heterocycles. The van der Waals surface area contributed by atoms with E-state index in [1.54, 1.807) is 13.2 Å². The predicted molar refractivity (Wildman–Crippen MR) is 50.8 cm³/mol. The Labute approximate surface area is 76.2 Å². The third-order valence-corrected chi connectivity index (χ3v) is 1.81. The fourth-order valence-corrected chi connectivity index (χ4v) is 1.20. The molecule has 0 amide bonds. The molecule has 1 aromatic rings. The van der Waals surface area contributed by atoms with Crippen molar-refractivity contribution in [3.05, 3.63) is 32.6 Å². The van der Waals surface area contributed by atoms with Gasteiger partial charge < -0.3 is 4.57 Å². The maximum Gasteiger partial charge on any atom is 0.328 e. The van der Waals surface area contributed by atoms with E-state index in [9.17, 15) is 9.59 Å². The summed E-state index contributed by atoms with van der Waals surface area (Å²) in [5.41, 5.74) is 0.0337. The number of H-pyrrole nitrogens is 1. The zero-order valence-electron chi connectivity index (χ0n) is 8.13. The van der Waals surface area contributed by atoms with Crippen molar-refractivity contribution in [2.45, 2.75) is 20.3 Å². The van der Waals surface area contributed by atoms with Crippen molar-refractivity contribution in [1.82, 2.24) is 9.55 Å². The number of hydrogen-bond donors (Lipinski definition) is 1. The average molecular weight is 182 g/mol. The molecule has 1 aromatic heterocycles. The van der Waals surface area contributed by atoms with Gasteiger partial charge in [0, 0.05) is 18.8 Å². The quantitative estimate of drug-likeness (QED) is 0.713. The van der Waals surface area contributed by atoms with E-state index in [1.807, 2.05) is 13.8 Å². The number of nitrogens with one attached hydrogen (secondary N) is 1. The molecule has 0 spiro atoms. The molecule has 4 heteroatoms. The predicted octanol–water partition coefficient (Wildman–Crippen LogP) is 0.272. The lowest BCUT2D eigenvalue weighted by Gasteiger charge is -2.04. The second kappa shape index (κ2) is 3.60. The molecule has 0 unspecified atom stereocenters. The Morgan fingerprint density at radius 1 is 1.46 bits per heavy atom. The first-order valence-electron chi connectivity index (χ1n) is 4.29. The minimum Gasteiger partial charge on any atom is -0.303 e. The van der Waals surface area contributed by atoms with Gasteiger partial charge in [-0.15, -0.1) is 0 Å². The largest absolute Gasteiger partial charge is 0.328 e. The molecule has 0 aliphatic rings. The second-order valence-electron chi connectivity index (χ2n) is 3.62. The van der Waals surface area contributed by atoms with Crippen molar-refractivity contribution in [2.75, 3.05) is 0 Å². The van der Waals surface area contributed by atoms with Gasteiger partial charge in [-0.25, -0.2) is 4.79 Å². The fourth-order valence-electron chi connectivity index (χ4n) is 1.20. The van der Waals surface area contributed by atoms with Crippen LogP contribution in [0.25, 0.3) is 0 Å². The van der Waals surface area contributed by atoms with E-state index in [0.29, 0.717) is 17.9 Å². The van der Waals surface area contributed by atoms with Crippen LogP contribution in [-0.4, -0.2) is 9.55 Å². The van der Waals surface area contributed by atoms with Crippen LogP contribution < -0.4 is 11.2 Å². The average Bonchev–Trinajstić information content (AvgIpc) is 1.99. The number of aryl methyl sites for hydroxylation is 1. The molecule has 0 atom stereocenters. The molecule has 1 N–H and O–H groups in total. The topological polar surface area (TPSA) is 54.9 Å². The Kier molecular flexibility index (Phi) is 2.70. The van der Waals surface area contributed by atoms with Crippen LogP contribution in [0.1, 0.15) is 19.4 Å².